The molecule has 2 aromatic rings. The Labute approximate surface area is 103 Å². The Bertz CT molecular complexity index is 550. The number of tetrazole rings is 1. The van der Waals surface area contributed by atoms with Gasteiger partial charge in [0.2, 0.25) is 0 Å². The molecular weight excluding hydrogens is 236 g/mol. The van der Waals surface area contributed by atoms with E-state index in [-0.39, 0.29) is 5.84 Å². The lowest BCUT2D eigenvalue weighted by molar-refractivity contribution is 0.317. The van der Waals surface area contributed by atoms with E-state index < -0.39 is 0 Å². The van der Waals surface area contributed by atoms with Crippen molar-refractivity contribution in [2.24, 2.45) is 10.9 Å². The van der Waals surface area contributed by atoms with Crippen LogP contribution in [0.2, 0.25) is 0 Å². The molecule has 9 nitrogen and oxygen atoms in total. The number of nitrogens with two attached hydrogens (primary N) is 1. The van der Waals surface area contributed by atoms with Crippen LogP contribution in [0.15, 0.2) is 17.3 Å². The molecule has 0 fully saturated rings. The average molecular weight is 250 g/mol. The fraction of sp³-hybridized carbons (Fsp3) is 0.444. The van der Waals surface area contributed by atoms with Crippen molar-refractivity contribution in [2.75, 3.05) is 18.0 Å². The first-order valence-corrected chi connectivity index (χ1v) is 5.51. The Hall–Kier alpha value is -2.45. The van der Waals surface area contributed by atoms with Crippen LogP contribution in [0.4, 0.5) is 5.82 Å². The summed E-state index contributed by atoms with van der Waals surface area (Å²) in [7, 11) is 0. The van der Waals surface area contributed by atoms with E-state index in [1.54, 1.807) is 6.07 Å². The van der Waals surface area contributed by atoms with E-state index >= 15 is 0 Å². The first-order chi connectivity index (χ1) is 8.74. The van der Waals surface area contributed by atoms with Gasteiger partial charge in [0.05, 0.1) is 0 Å². The summed E-state index contributed by atoms with van der Waals surface area (Å²) in [5, 5.41) is 26.8. The third kappa shape index (κ3) is 2.44. The van der Waals surface area contributed by atoms with Gasteiger partial charge in [-0.25, -0.2) is 0 Å². The number of amidine groups is 1. The van der Waals surface area contributed by atoms with Gasteiger partial charge in [-0.15, -0.1) is 14.8 Å². The minimum Gasteiger partial charge on any atom is -0.409 e. The molecule has 3 N–H and O–H groups in total. The highest BCUT2D eigenvalue weighted by atomic mass is 16.4. The summed E-state index contributed by atoms with van der Waals surface area (Å²) in [6.07, 6.45) is 0.458. The fourth-order valence-electron chi connectivity index (χ4n) is 1.54. The Morgan fingerprint density at radius 1 is 1.56 bits per heavy atom. The number of aromatic nitrogens is 5. The number of fused-ring (bicyclic) bond motifs is 1. The second-order valence-corrected chi connectivity index (χ2v) is 3.64. The van der Waals surface area contributed by atoms with Crippen molar-refractivity contribution in [3.63, 3.8) is 0 Å². The lowest BCUT2D eigenvalue weighted by Gasteiger charge is -2.20. The van der Waals surface area contributed by atoms with E-state index in [2.05, 4.69) is 25.8 Å². The number of hydrogen-bond acceptors (Lipinski definition) is 7. The Morgan fingerprint density at radius 2 is 2.39 bits per heavy atom. The maximum absolute atomic E-state index is 8.50. The van der Waals surface area contributed by atoms with Gasteiger partial charge < -0.3 is 15.8 Å². The third-order valence-electron chi connectivity index (χ3n) is 2.53. The zero-order valence-corrected chi connectivity index (χ0v) is 9.93. The normalized spacial score (nSPS) is 11.9. The fourth-order valence-corrected chi connectivity index (χ4v) is 1.54. The highest BCUT2D eigenvalue weighted by Crippen LogP contribution is 2.10. The molecule has 0 spiro atoms. The van der Waals surface area contributed by atoms with Crippen LogP contribution in [-0.2, 0) is 0 Å². The molecule has 0 atom stereocenters. The zero-order chi connectivity index (χ0) is 13.0. The predicted molar refractivity (Wildman–Crippen MR) is 64.5 cm³/mol. The second-order valence-electron chi connectivity index (χ2n) is 3.64. The van der Waals surface area contributed by atoms with E-state index in [1.807, 2.05) is 17.9 Å². The van der Waals surface area contributed by atoms with Crippen LogP contribution >= 0.6 is 0 Å². The molecule has 0 saturated heterocycles. The van der Waals surface area contributed by atoms with Crippen molar-refractivity contribution in [1.29, 1.82) is 0 Å². The van der Waals surface area contributed by atoms with Crippen LogP contribution in [0.3, 0.4) is 0 Å². The van der Waals surface area contributed by atoms with Crippen molar-refractivity contribution in [1.82, 2.24) is 25.3 Å². The molecule has 9 heteroatoms. The van der Waals surface area contributed by atoms with Crippen molar-refractivity contribution in [2.45, 2.75) is 13.3 Å². The Balaban J connectivity index is 2.15. The number of oxime groups is 1. The summed E-state index contributed by atoms with van der Waals surface area (Å²) < 4.78 is 1.36. The smallest absolute Gasteiger partial charge is 0.200 e. The molecule has 0 aromatic carbocycles. The largest absolute Gasteiger partial charge is 0.409 e. The van der Waals surface area contributed by atoms with Gasteiger partial charge in [-0.05, 0) is 29.5 Å². The maximum Gasteiger partial charge on any atom is 0.200 e. The first kappa shape index (κ1) is 12.0. The monoisotopic (exact) mass is 250 g/mol. The van der Waals surface area contributed by atoms with Crippen molar-refractivity contribution in [3.05, 3.63) is 12.1 Å². The van der Waals surface area contributed by atoms with Crippen LogP contribution in [0.5, 0.6) is 0 Å². The topological polar surface area (TPSA) is 118 Å². The molecule has 18 heavy (non-hydrogen) atoms. The number of anilines is 1. The van der Waals surface area contributed by atoms with E-state index in [0.717, 1.165) is 12.4 Å². The van der Waals surface area contributed by atoms with Crippen LogP contribution in [0, 0.1) is 0 Å². The Morgan fingerprint density at radius 3 is 3.11 bits per heavy atom. The minimum atomic E-state index is 0.192. The molecule has 0 aliphatic rings. The molecular formula is C9H14N8O. The number of nitrogens with zero attached hydrogens (tertiary/aromatic N) is 7. The molecule has 2 aromatic heterocycles. The highest BCUT2D eigenvalue weighted by Gasteiger charge is 2.09. The SMILES string of the molecule is CCN(CCC(N)=NO)c1ccc2nnnn2n1. The molecule has 0 amide bonds. The average Bonchev–Trinajstić information content (AvgIpc) is 2.86. The lowest BCUT2D eigenvalue weighted by atomic mass is 10.3. The first-order valence-electron chi connectivity index (χ1n) is 5.51. The summed E-state index contributed by atoms with van der Waals surface area (Å²) in [6.45, 7) is 3.35. The summed E-state index contributed by atoms with van der Waals surface area (Å²) in [6, 6.07) is 3.62. The summed E-state index contributed by atoms with van der Waals surface area (Å²) in [5.41, 5.74) is 6.03. The van der Waals surface area contributed by atoms with Gasteiger partial charge in [-0.2, -0.15) is 0 Å². The van der Waals surface area contributed by atoms with Crippen LogP contribution in [0.25, 0.3) is 5.65 Å². The second kappa shape index (κ2) is 5.25. The summed E-state index contributed by atoms with van der Waals surface area (Å²) in [5.74, 6) is 0.931. The van der Waals surface area contributed by atoms with Crippen molar-refractivity contribution >= 4 is 17.3 Å². The van der Waals surface area contributed by atoms with E-state index in [4.69, 9.17) is 10.9 Å². The van der Waals surface area contributed by atoms with Crippen molar-refractivity contribution < 1.29 is 5.21 Å². The molecule has 96 valence electrons. The quantitative estimate of drug-likeness (QED) is 0.317. The number of rotatable bonds is 5. The molecule has 0 unspecified atom stereocenters. The molecule has 2 rings (SSSR count). The van der Waals surface area contributed by atoms with Crippen LogP contribution < -0.4 is 10.6 Å². The maximum atomic E-state index is 8.50. The van der Waals surface area contributed by atoms with Gasteiger partial charge >= 0.3 is 0 Å². The third-order valence-corrected chi connectivity index (χ3v) is 2.53. The van der Waals surface area contributed by atoms with Gasteiger partial charge in [0, 0.05) is 19.5 Å². The van der Waals surface area contributed by atoms with E-state index in [9.17, 15) is 0 Å². The minimum absolute atomic E-state index is 0.192. The molecule has 2 heterocycles. The van der Waals surface area contributed by atoms with Crippen LogP contribution in [0.1, 0.15) is 13.3 Å². The van der Waals surface area contributed by atoms with Crippen LogP contribution in [-0.4, -0.2) is 49.4 Å². The highest BCUT2D eigenvalue weighted by molar-refractivity contribution is 5.80. The molecule has 0 radical (unpaired) electrons. The summed E-state index contributed by atoms with van der Waals surface area (Å²) in [4.78, 5) is 1.99. The van der Waals surface area contributed by atoms with E-state index in [0.29, 0.717) is 18.6 Å². The van der Waals surface area contributed by atoms with Gasteiger partial charge in [0.15, 0.2) is 11.5 Å². The lowest BCUT2D eigenvalue weighted by Crippen LogP contribution is -2.29. The van der Waals surface area contributed by atoms with Gasteiger partial charge in [0.25, 0.3) is 0 Å². The molecule has 0 saturated carbocycles. The standard InChI is InChI=1S/C9H14N8O/c1-2-16(6-5-7(10)13-18)9-4-3-8-11-14-15-17(8)12-9/h3-4,18H,2,5-6H2,1H3,(H2,10,13). The van der Waals surface area contributed by atoms with Gasteiger partial charge in [-0.1, -0.05) is 5.16 Å². The van der Waals surface area contributed by atoms with Crippen molar-refractivity contribution in [3.8, 4) is 0 Å². The molecule has 0 aliphatic carbocycles. The Kier molecular flexibility index (Phi) is 3.51. The van der Waals surface area contributed by atoms with Gasteiger partial charge in [0.1, 0.15) is 5.84 Å². The van der Waals surface area contributed by atoms with Gasteiger partial charge in [-0.3, -0.25) is 0 Å². The molecule has 0 bridgehead atoms. The molecule has 0 aliphatic heterocycles. The predicted octanol–water partition coefficient (Wildman–Crippen LogP) is -0.518. The zero-order valence-electron chi connectivity index (χ0n) is 9.93. The van der Waals surface area contributed by atoms with E-state index in [1.165, 1.54) is 4.63 Å². The number of hydrogen-bond donors (Lipinski definition) is 2. The summed E-state index contributed by atoms with van der Waals surface area (Å²) >= 11 is 0.